The maximum Gasteiger partial charge on any atom is 0.191 e. The summed E-state index contributed by atoms with van der Waals surface area (Å²) in [5, 5.41) is 15.7. The molecule has 0 fully saturated rings. The Morgan fingerprint density at radius 1 is 1.28 bits per heavy atom. The zero-order valence-corrected chi connectivity index (χ0v) is 18.2. The molecule has 3 rings (SSSR count). The molecule has 0 aliphatic carbocycles. The second-order valence-corrected chi connectivity index (χ2v) is 7.71. The molecule has 0 saturated carbocycles. The predicted molar refractivity (Wildman–Crippen MR) is 117 cm³/mol. The number of ether oxygens (including phenoxy) is 1. The number of benzene rings is 1. The van der Waals surface area contributed by atoms with Crippen LogP contribution in [0.4, 0.5) is 0 Å². The highest BCUT2D eigenvalue weighted by Gasteiger charge is 2.15. The molecule has 2 N–H and O–H groups in total. The number of nitrogens with zero attached hydrogens (tertiary/aromatic N) is 4. The van der Waals surface area contributed by atoms with E-state index in [9.17, 15) is 0 Å². The zero-order valence-electron chi connectivity index (χ0n) is 18.2. The van der Waals surface area contributed by atoms with Gasteiger partial charge in [-0.2, -0.15) is 0 Å². The summed E-state index contributed by atoms with van der Waals surface area (Å²) in [5.41, 5.74) is 2.34. The van der Waals surface area contributed by atoms with E-state index in [4.69, 9.17) is 4.74 Å². The summed E-state index contributed by atoms with van der Waals surface area (Å²) in [6, 6.07) is 6.32. The minimum atomic E-state index is 0.0864. The van der Waals surface area contributed by atoms with E-state index in [-0.39, 0.29) is 6.04 Å². The van der Waals surface area contributed by atoms with Gasteiger partial charge in [-0.05, 0) is 39.2 Å². The van der Waals surface area contributed by atoms with Crippen LogP contribution in [0.2, 0.25) is 0 Å². The normalized spacial score (nSPS) is 15.4. The molecular weight excluding hydrogens is 364 g/mol. The van der Waals surface area contributed by atoms with Crippen molar-refractivity contribution in [2.75, 3.05) is 20.7 Å². The highest BCUT2D eigenvalue weighted by molar-refractivity contribution is 5.80. The van der Waals surface area contributed by atoms with Crippen molar-refractivity contribution in [3.8, 4) is 5.75 Å². The van der Waals surface area contributed by atoms with Gasteiger partial charge in [-0.1, -0.05) is 24.1 Å². The lowest BCUT2D eigenvalue weighted by Gasteiger charge is -2.20. The number of hydrogen-bond donors (Lipinski definition) is 2. The molecule has 1 aromatic heterocycles. The lowest BCUT2D eigenvalue weighted by atomic mass is 10.0. The Balaban J connectivity index is 1.50. The molecule has 2 heterocycles. The maximum absolute atomic E-state index is 5.52. The topological polar surface area (TPSA) is 76.4 Å². The van der Waals surface area contributed by atoms with Crippen LogP contribution in [-0.4, -0.2) is 41.4 Å². The van der Waals surface area contributed by atoms with Crippen LogP contribution in [0.15, 0.2) is 23.2 Å². The highest BCUT2D eigenvalue weighted by atomic mass is 16.5. The van der Waals surface area contributed by atoms with Gasteiger partial charge in [0, 0.05) is 38.5 Å². The molecule has 29 heavy (non-hydrogen) atoms. The number of rotatable bonds is 7. The average molecular weight is 399 g/mol. The number of nitrogens with one attached hydrogen (secondary N) is 2. The molecule has 0 bridgehead atoms. The molecule has 2 aromatic rings. The number of hydrogen-bond acceptors (Lipinski definition) is 4. The van der Waals surface area contributed by atoms with Crippen LogP contribution < -0.4 is 15.4 Å². The van der Waals surface area contributed by atoms with Gasteiger partial charge in [-0.3, -0.25) is 4.99 Å². The molecule has 1 unspecified atom stereocenters. The SMILES string of the molecule is CN=C(NCCCc1nnc2n1CCCCC2)NC(C)c1cc(C)ccc1OC. The number of aromatic nitrogens is 3. The second-order valence-electron chi connectivity index (χ2n) is 7.71. The van der Waals surface area contributed by atoms with E-state index < -0.39 is 0 Å². The van der Waals surface area contributed by atoms with Crippen LogP contribution in [0.3, 0.4) is 0 Å². The van der Waals surface area contributed by atoms with Gasteiger partial charge in [0.05, 0.1) is 13.2 Å². The van der Waals surface area contributed by atoms with Crippen molar-refractivity contribution >= 4 is 5.96 Å². The molecule has 0 radical (unpaired) electrons. The highest BCUT2D eigenvalue weighted by Crippen LogP contribution is 2.26. The Hall–Kier alpha value is -2.57. The number of aliphatic imine (C=N–C) groups is 1. The fourth-order valence-electron chi connectivity index (χ4n) is 3.85. The van der Waals surface area contributed by atoms with E-state index >= 15 is 0 Å². The van der Waals surface area contributed by atoms with Gasteiger partial charge in [0.1, 0.15) is 17.4 Å². The zero-order chi connectivity index (χ0) is 20.6. The number of fused-ring (bicyclic) bond motifs is 1. The smallest absolute Gasteiger partial charge is 0.191 e. The van der Waals surface area contributed by atoms with Crippen LogP contribution in [0.25, 0.3) is 0 Å². The fourth-order valence-corrected chi connectivity index (χ4v) is 3.85. The molecule has 0 spiro atoms. The van der Waals surface area contributed by atoms with Crippen molar-refractivity contribution < 1.29 is 4.74 Å². The first-order chi connectivity index (χ1) is 14.1. The molecule has 7 heteroatoms. The maximum atomic E-state index is 5.52. The summed E-state index contributed by atoms with van der Waals surface area (Å²) in [6.07, 6.45) is 6.72. The minimum absolute atomic E-state index is 0.0864. The molecular formula is C22H34N6O. The molecule has 7 nitrogen and oxygen atoms in total. The Morgan fingerprint density at radius 2 is 2.14 bits per heavy atom. The first-order valence-corrected chi connectivity index (χ1v) is 10.6. The van der Waals surface area contributed by atoms with Crippen molar-refractivity contribution in [3.63, 3.8) is 0 Å². The third-order valence-electron chi connectivity index (χ3n) is 5.48. The van der Waals surface area contributed by atoms with Gasteiger partial charge < -0.3 is 19.9 Å². The van der Waals surface area contributed by atoms with Crippen molar-refractivity contribution in [2.24, 2.45) is 4.99 Å². The van der Waals surface area contributed by atoms with Crippen LogP contribution in [-0.2, 0) is 19.4 Å². The molecule has 158 valence electrons. The lowest BCUT2D eigenvalue weighted by Crippen LogP contribution is -2.39. The Bertz CT molecular complexity index is 829. The Labute approximate surface area is 174 Å². The van der Waals surface area contributed by atoms with Crippen LogP contribution >= 0.6 is 0 Å². The molecule has 1 aliphatic heterocycles. The summed E-state index contributed by atoms with van der Waals surface area (Å²) < 4.78 is 7.84. The molecule has 0 saturated heterocycles. The summed E-state index contributed by atoms with van der Waals surface area (Å²) in [6.45, 7) is 6.10. The van der Waals surface area contributed by atoms with E-state index in [1.165, 1.54) is 24.8 Å². The molecule has 1 atom stereocenters. The second kappa shape index (κ2) is 10.3. The average Bonchev–Trinajstić information content (AvgIpc) is 2.95. The lowest BCUT2D eigenvalue weighted by molar-refractivity contribution is 0.405. The quantitative estimate of drug-likeness (QED) is 0.426. The van der Waals surface area contributed by atoms with E-state index in [1.54, 1.807) is 14.2 Å². The molecule has 1 aromatic carbocycles. The van der Waals surface area contributed by atoms with Crippen molar-refractivity contribution in [1.29, 1.82) is 0 Å². The van der Waals surface area contributed by atoms with Gasteiger partial charge in [0.25, 0.3) is 0 Å². The number of aryl methyl sites for hydroxylation is 3. The standard InChI is InChI=1S/C22H34N6O/c1-16-11-12-19(29-4)18(15-16)17(2)25-22(23-3)24-13-8-10-21-27-26-20-9-6-5-7-14-28(20)21/h11-12,15,17H,5-10,13-14H2,1-4H3,(H2,23,24,25). The molecule has 1 aliphatic rings. The third-order valence-corrected chi connectivity index (χ3v) is 5.48. The third kappa shape index (κ3) is 5.49. The van der Waals surface area contributed by atoms with Crippen molar-refractivity contribution in [1.82, 2.24) is 25.4 Å². The molecule has 0 amide bonds. The van der Waals surface area contributed by atoms with Crippen LogP contribution in [0, 0.1) is 6.92 Å². The summed E-state index contributed by atoms with van der Waals surface area (Å²) in [5.74, 6) is 3.95. The van der Waals surface area contributed by atoms with E-state index in [0.717, 1.165) is 61.3 Å². The van der Waals surface area contributed by atoms with Gasteiger partial charge in [-0.15, -0.1) is 10.2 Å². The Morgan fingerprint density at radius 3 is 2.93 bits per heavy atom. The van der Waals surface area contributed by atoms with Crippen LogP contribution in [0.1, 0.15) is 61.4 Å². The first-order valence-electron chi connectivity index (χ1n) is 10.6. The van der Waals surface area contributed by atoms with Gasteiger partial charge >= 0.3 is 0 Å². The first kappa shape index (κ1) is 21.1. The van der Waals surface area contributed by atoms with E-state index in [1.807, 2.05) is 6.07 Å². The van der Waals surface area contributed by atoms with Gasteiger partial charge in [0.2, 0.25) is 0 Å². The number of guanidine groups is 1. The predicted octanol–water partition coefficient (Wildman–Crippen LogP) is 3.18. The Kier molecular flexibility index (Phi) is 7.49. The number of methoxy groups -OCH3 is 1. The minimum Gasteiger partial charge on any atom is -0.496 e. The van der Waals surface area contributed by atoms with Crippen LogP contribution in [0.5, 0.6) is 5.75 Å². The monoisotopic (exact) mass is 398 g/mol. The van der Waals surface area contributed by atoms with Crippen molar-refractivity contribution in [2.45, 2.75) is 65.0 Å². The van der Waals surface area contributed by atoms with E-state index in [0.29, 0.717) is 0 Å². The summed E-state index contributed by atoms with van der Waals surface area (Å²) >= 11 is 0. The fraction of sp³-hybridized carbons (Fsp3) is 0.591. The summed E-state index contributed by atoms with van der Waals surface area (Å²) in [4.78, 5) is 4.37. The van der Waals surface area contributed by atoms with Gasteiger partial charge in [-0.25, -0.2) is 0 Å². The van der Waals surface area contributed by atoms with Crippen molar-refractivity contribution in [3.05, 3.63) is 41.0 Å². The van der Waals surface area contributed by atoms with E-state index in [2.05, 4.69) is 56.4 Å². The largest absolute Gasteiger partial charge is 0.496 e. The summed E-state index contributed by atoms with van der Waals surface area (Å²) in [7, 11) is 3.51. The van der Waals surface area contributed by atoms with Gasteiger partial charge in [0.15, 0.2) is 5.96 Å².